The van der Waals surface area contributed by atoms with Crippen molar-refractivity contribution < 1.29 is 19.2 Å². The second kappa shape index (κ2) is 9.23. The van der Waals surface area contributed by atoms with Crippen LogP contribution in [0.5, 0.6) is 0 Å². The lowest BCUT2D eigenvalue weighted by Crippen LogP contribution is -2.42. The van der Waals surface area contributed by atoms with E-state index < -0.39 is 12.0 Å². The van der Waals surface area contributed by atoms with Crippen LogP contribution in [0.25, 0.3) is 10.6 Å². The number of hydrogen-bond acceptors (Lipinski definition) is 7. The minimum atomic E-state index is -1.09. The molecule has 3 aromatic rings. The number of thiol groups is 1. The number of aromatic nitrogens is 2. The van der Waals surface area contributed by atoms with Crippen LogP contribution in [0.1, 0.15) is 35.9 Å². The summed E-state index contributed by atoms with van der Waals surface area (Å²) < 4.78 is 5.36. The first-order chi connectivity index (χ1) is 13.9. The standard InChI is InChI=1S/C20H21N3O4S2/c1-3-17(24)22-16(20(25)26)9-12-4-5-14(19-21-6-7-29-19)18(28)15(12)10-13-8-11(2)23-27-13/h4-8,16,28H,3,9-10H2,1-2H3,(H,22,24)(H,25,26)/t16-/m0/s1. The van der Waals surface area contributed by atoms with Crippen LogP contribution in [0.15, 0.2) is 39.2 Å². The molecule has 0 fully saturated rings. The van der Waals surface area contributed by atoms with Crippen molar-refractivity contribution in [2.75, 3.05) is 0 Å². The fourth-order valence-electron chi connectivity index (χ4n) is 2.99. The van der Waals surface area contributed by atoms with E-state index >= 15 is 0 Å². The highest BCUT2D eigenvalue weighted by atomic mass is 32.1. The molecule has 0 unspecified atom stereocenters. The van der Waals surface area contributed by atoms with Gasteiger partial charge in [-0.2, -0.15) is 0 Å². The highest BCUT2D eigenvalue weighted by Gasteiger charge is 2.23. The maximum atomic E-state index is 11.8. The Morgan fingerprint density at radius 1 is 1.38 bits per heavy atom. The summed E-state index contributed by atoms with van der Waals surface area (Å²) in [4.78, 5) is 28.5. The van der Waals surface area contributed by atoms with E-state index in [1.807, 2.05) is 30.5 Å². The maximum Gasteiger partial charge on any atom is 0.326 e. The summed E-state index contributed by atoms with van der Waals surface area (Å²) in [7, 11) is 0. The van der Waals surface area contributed by atoms with E-state index in [1.165, 1.54) is 11.3 Å². The van der Waals surface area contributed by atoms with Crippen molar-refractivity contribution in [3.63, 3.8) is 0 Å². The van der Waals surface area contributed by atoms with Gasteiger partial charge in [0.05, 0.1) is 5.69 Å². The Morgan fingerprint density at radius 3 is 2.76 bits per heavy atom. The van der Waals surface area contributed by atoms with Gasteiger partial charge < -0.3 is 14.9 Å². The zero-order valence-electron chi connectivity index (χ0n) is 16.0. The normalized spacial score (nSPS) is 12.0. The first kappa shape index (κ1) is 21.1. The second-order valence-electron chi connectivity index (χ2n) is 6.56. The van der Waals surface area contributed by atoms with Gasteiger partial charge in [0.15, 0.2) is 0 Å². The number of nitrogens with zero attached hydrogens (tertiary/aromatic N) is 2. The number of aliphatic carboxylic acids is 1. The number of carbonyl (C=O) groups is 2. The number of aryl methyl sites for hydroxylation is 1. The molecule has 0 aliphatic rings. The van der Waals surface area contributed by atoms with Crippen molar-refractivity contribution in [2.24, 2.45) is 0 Å². The van der Waals surface area contributed by atoms with Gasteiger partial charge >= 0.3 is 5.97 Å². The number of hydrogen-bond donors (Lipinski definition) is 3. The molecule has 0 spiro atoms. The fraction of sp³-hybridized carbons (Fsp3) is 0.300. The van der Waals surface area contributed by atoms with Crippen molar-refractivity contribution in [1.29, 1.82) is 0 Å². The molecule has 1 amide bonds. The fourth-order valence-corrected chi connectivity index (χ4v) is 4.13. The molecule has 2 N–H and O–H groups in total. The lowest BCUT2D eigenvalue weighted by Gasteiger charge is -2.18. The number of nitrogens with one attached hydrogen (secondary N) is 1. The van der Waals surface area contributed by atoms with Gasteiger partial charge in [-0.25, -0.2) is 9.78 Å². The third kappa shape index (κ3) is 5.04. The summed E-state index contributed by atoms with van der Waals surface area (Å²) in [5, 5.41) is 18.8. The van der Waals surface area contributed by atoms with E-state index in [9.17, 15) is 14.7 Å². The zero-order valence-corrected chi connectivity index (χ0v) is 17.7. The smallest absolute Gasteiger partial charge is 0.326 e. The van der Waals surface area contributed by atoms with Crippen molar-refractivity contribution in [1.82, 2.24) is 15.5 Å². The Morgan fingerprint density at radius 2 is 2.17 bits per heavy atom. The van der Waals surface area contributed by atoms with Crippen molar-refractivity contribution in [3.05, 3.63) is 52.4 Å². The number of carboxylic acid groups (broad SMARTS) is 1. The van der Waals surface area contributed by atoms with E-state index in [0.29, 0.717) is 17.1 Å². The average Bonchev–Trinajstić information content (AvgIpc) is 3.35. The number of carbonyl (C=O) groups excluding carboxylic acids is 1. The topological polar surface area (TPSA) is 105 Å². The molecule has 9 heteroatoms. The third-order valence-corrected chi connectivity index (χ3v) is 5.77. The van der Waals surface area contributed by atoms with Crippen LogP contribution in [0.4, 0.5) is 0 Å². The van der Waals surface area contributed by atoms with Crippen LogP contribution in [-0.2, 0) is 22.4 Å². The molecule has 3 rings (SSSR count). The van der Waals surface area contributed by atoms with Gasteiger partial charge in [0.1, 0.15) is 16.8 Å². The van der Waals surface area contributed by atoms with Crippen LogP contribution in [0.3, 0.4) is 0 Å². The molecule has 2 heterocycles. The molecule has 29 heavy (non-hydrogen) atoms. The Hall–Kier alpha value is -2.65. The van der Waals surface area contributed by atoms with Gasteiger partial charge in [-0.1, -0.05) is 24.2 Å². The molecule has 0 radical (unpaired) electrons. The van der Waals surface area contributed by atoms with Crippen LogP contribution in [-0.4, -0.2) is 33.2 Å². The van der Waals surface area contributed by atoms with Gasteiger partial charge in [0.2, 0.25) is 5.91 Å². The molecule has 0 aliphatic carbocycles. The van der Waals surface area contributed by atoms with Gasteiger partial charge in [0, 0.05) is 47.4 Å². The SMILES string of the molecule is CCC(=O)N[C@@H](Cc1ccc(-c2nccs2)c(S)c1Cc1cc(C)no1)C(=O)O. The second-order valence-corrected chi connectivity index (χ2v) is 7.91. The predicted octanol–water partition coefficient (Wildman–Crippen LogP) is 3.51. The highest BCUT2D eigenvalue weighted by molar-refractivity contribution is 7.80. The van der Waals surface area contributed by atoms with E-state index in [1.54, 1.807) is 13.1 Å². The summed E-state index contributed by atoms with van der Waals surface area (Å²) >= 11 is 6.24. The van der Waals surface area contributed by atoms with Crippen molar-refractivity contribution >= 4 is 35.8 Å². The molecule has 0 aliphatic heterocycles. The first-order valence-corrected chi connectivity index (χ1v) is 10.4. The highest BCUT2D eigenvalue weighted by Crippen LogP contribution is 2.34. The molecule has 0 saturated heterocycles. The van der Waals surface area contributed by atoms with Crippen LogP contribution in [0, 0.1) is 6.92 Å². The van der Waals surface area contributed by atoms with E-state index in [-0.39, 0.29) is 18.7 Å². The Balaban J connectivity index is 2.01. The van der Waals surface area contributed by atoms with Gasteiger partial charge in [-0.15, -0.1) is 24.0 Å². The minimum absolute atomic E-state index is 0.134. The van der Waals surface area contributed by atoms with Crippen molar-refractivity contribution in [2.45, 2.75) is 44.0 Å². The molecule has 7 nitrogen and oxygen atoms in total. The lowest BCUT2D eigenvalue weighted by atomic mass is 9.95. The summed E-state index contributed by atoms with van der Waals surface area (Å²) in [6.45, 7) is 3.52. The minimum Gasteiger partial charge on any atom is -0.480 e. The molecule has 0 saturated carbocycles. The molecule has 2 aromatic heterocycles. The number of carboxylic acids is 1. The summed E-state index contributed by atoms with van der Waals surface area (Å²) in [6.07, 6.45) is 2.48. The maximum absolute atomic E-state index is 11.8. The van der Waals surface area contributed by atoms with Crippen LogP contribution >= 0.6 is 24.0 Å². The lowest BCUT2D eigenvalue weighted by molar-refractivity contribution is -0.141. The molecule has 1 aromatic carbocycles. The quantitative estimate of drug-likeness (QED) is 0.472. The van der Waals surface area contributed by atoms with E-state index in [4.69, 9.17) is 17.2 Å². The summed E-state index contributed by atoms with van der Waals surface area (Å²) in [5.74, 6) is -0.743. The zero-order chi connectivity index (χ0) is 21.0. The van der Waals surface area contributed by atoms with Crippen molar-refractivity contribution in [3.8, 4) is 10.6 Å². The number of benzene rings is 1. The van der Waals surface area contributed by atoms with Crippen LogP contribution in [0.2, 0.25) is 0 Å². The number of rotatable bonds is 8. The van der Waals surface area contributed by atoms with Gasteiger partial charge in [-0.05, 0) is 18.1 Å². The number of amides is 1. The monoisotopic (exact) mass is 431 g/mol. The summed E-state index contributed by atoms with van der Waals surface area (Å²) in [5.41, 5.74) is 3.22. The largest absolute Gasteiger partial charge is 0.480 e. The first-order valence-electron chi connectivity index (χ1n) is 9.07. The van der Waals surface area contributed by atoms with Gasteiger partial charge in [0.25, 0.3) is 0 Å². The Bertz CT molecular complexity index is 1010. The van der Waals surface area contributed by atoms with E-state index in [0.717, 1.165) is 27.4 Å². The van der Waals surface area contributed by atoms with E-state index in [2.05, 4.69) is 15.5 Å². The molecule has 0 bridgehead atoms. The Kier molecular flexibility index (Phi) is 6.71. The molecule has 152 valence electrons. The van der Waals surface area contributed by atoms with Gasteiger partial charge in [-0.3, -0.25) is 4.79 Å². The molecule has 1 atom stereocenters. The predicted molar refractivity (Wildman–Crippen MR) is 112 cm³/mol. The number of thiazole rings is 1. The molecular weight excluding hydrogens is 410 g/mol. The van der Waals surface area contributed by atoms with Crippen LogP contribution < -0.4 is 5.32 Å². The summed E-state index contributed by atoms with van der Waals surface area (Å²) in [6, 6.07) is 4.55. The molecular formula is C20H21N3O4S2. The average molecular weight is 432 g/mol. The Labute approximate surface area is 177 Å². The third-order valence-electron chi connectivity index (χ3n) is 4.45.